The van der Waals surface area contributed by atoms with Crippen molar-refractivity contribution in [1.82, 2.24) is 24.5 Å². The lowest BCUT2D eigenvalue weighted by Gasteiger charge is -2.34. The number of nitrogens with zero attached hydrogens (tertiary/aromatic N) is 5. The van der Waals surface area contributed by atoms with Gasteiger partial charge >= 0.3 is 0 Å². The first-order valence-electron chi connectivity index (χ1n) is 19.1. The van der Waals surface area contributed by atoms with E-state index < -0.39 is 0 Å². The van der Waals surface area contributed by atoms with E-state index in [1.165, 1.54) is 16.7 Å². The van der Waals surface area contributed by atoms with Crippen molar-refractivity contribution in [2.45, 2.75) is 19.3 Å². The average molecular weight is 718 g/mol. The second-order valence-electron chi connectivity index (χ2n) is 15.1. The number of para-hydroxylation sites is 1. The van der Waals surface area contributed by atoms with Gasteiger partial charge in [0.2, 0.25) is 5.95 Å². The van der Waals surface area contributed by atoms with Crippen molar-refractivity contribution >= 4 is 32.7 Å². The molecule has 56 heavy (non-hydrogen) atoms. The van der Waals surface area contributed by atoms with Crippen LogP contribution < -0.4 is 0 Å². The van der Waals surface area contributed by atoms with E-state index in [4.69, 9.17) is 19.9 Å². The Kier molecular flexibility index (Phi) is 7.13. The predicted molar refractivity (Wildman–Crippen MR) is 229 cm³/mol. The van der Waals surface area contributed by atoms with Crippen molar-refractivity contribution in [2.75, 3.05) is 0 Å². The minimum atomic E-state index is -0.153. The minimum Gasteiger partial charge on any atom is -0.278 e. The Labute approximate surface area is 324 Å². The Balaban J connectivity index is 1.02. The number of fused-ring (bicyclic) bond motifs is 5. The van der Waals surface area contributed by atoms with Crippen molar-refractivity contribution in [3.63, 3.8) is 0 Å². The van der Waals surface area contributed by atoms with Gasteiger partial charge < -0.3 is 0 Å². The third kappa shape index (κ3) is 5.01. The lowest BCUT2D eigenvalue weighted by molar-refractivity contribution is 0.643. The fraction of sp³-hybridized carbons (Fsp3) is 0.0588. The van der Waals surface area contributed by atoms with E-state index in [9.17, 15) is 0 Å². The van der Waals surface area contributed by atoms with Gasteiger partial charge in [0, 0.05) is 43.8 Å². The number of hydrogen-bond acceptors (Lipinski definition) is 4. The Bertz CT molecular complexity index is 3090. The van der Waals surface area contributed by atoms with Crippen molar-refractivity contribution in [1.29, 1.82) is 0 Å². The van der Waals surface area contributed by atoms with E-state index >= 15 is 0 Å². The summed E-state index contributed by atoms with van der Waals surface area (Å²) in [6.07, 6.45) is 0. The van der Waals surface area contributed by atoms with Crippen LogP contribution in [0.15, 0.2) is 176 Å². The Morgan fingerprint density at radius 2 is 1.04 bits per heavy atom. The Hall–Kier alpha value is -7.24. The van der Waals surface area contributed by atoms with Gasteiger partial charge in [-0.2, -0.15) is 0 Å². The molecule has 0 radical (unpaired) electrons. The van der Waals surface area contributed by atoms with Crippen LogP contribution in [0.25, 0.3) is 94.9 Å². The highest BCUT2D eigenvalue weighted by molar-refractivity contribution is 6.10. The lowest BCUT2D eigenvalue weighted by atomic mass is 9.70. The monoisotopic (exact) mass is 717 g/mol. The first-order chi connectivity index (χ1) is 27.5. The number of aromatic nitrogens is 5. The maximum atomic E-state index is 5.39. The summed E-state index contributed by atoms with van der Waals surface area (Å²) in [4.78, 5) is 20.7. The van der Waals surface area contributed by atoms with Crippen LogP contribution in [0.3, 0.4) is 0 Å². The molecule has 5 nitrogen and oxygen atoms in total. The second-order valence-corrected chi connectivity index (χ2v) is 15.1. The molecule has 0 spiro atoms. The van der Waals surface area contributed by atoms with E-state index in [-0.39, 0.29) is 5.41 Å². The highest BCUT2D eigenvalue weighted by atomic mass is 15.2. The van der Waals surface area contributed by atoms with Crippen molar-refractivity contribution in [2.24, 2.45) is 0 Å². The molecule has 11 rings (SSSR count). The van der Waals surface area contributed by atoms with E-state index in [1.54, 1.807) is 0 Å². The lowest BCUT2D eigenvalue weighted by Crippen LogP contribution is -2.24. The second kappa shape index (κ2) is 12.4. The molecule has 3 heterocycles. The van der Waals surface area contributed by atoms with E-state index in [2.05, 4.69) is 158 Å². The number of rotatable bonds is 5. The number of benzene rings is 7. The first kappa shape index (κ1) is 32.2. The molecule has 7 aromatic carbocycles. The highest BCUT2D eigenvalue weighted by Gasteiger charge is 2.34. The third-order valence-corrected chi connectivity index (χ3v) is 11.5. The molecule has 0 saturated carbocycles. The molecule has 1 aliphatic carbocycles. The van der Waals surface area contributed by atoms with Gasteiger partial charge in [0.25, 0.3) is 0 Å². The molecule has 0 unspecified atom stereocenters. The summed E-state index contributed by atoms with van der Waals surface area (Å²) in [5.41, 5.74) is 14.8. The zero-order valence-corrected chi connectivity index (χ0v) is 31.0. The fourth-order valence-corrected chi connectivity index (χ4v) is 8.64. The molecule has 0 amide bonds. The number of hydrogen-bond donors (Lipinski definition) is 0. The molecule has 10 aromatic rings. The van der Waals surface area contributed by atoms with Gasteiger partial charge in [0.1, 0.15) is 0 Å². The van der Waals surface area contributed by atoms with Crippen LogP contribution in [-0.2, 0) is 5.41 Å². The van der Waals surface area contributed by atoms with Gasteiger partial charge in [0.15, 0.2) is 5.82 Å². The zero-order chi connectivity index (χ0) is 37.4. The summed E-state index contributed by atoms with van der Waals surface area (Å²) < 4.78 is 2.23. The van der Waals surface area contributed by atoms with Crippen LogP contribution in [0.2, 0.25) is 0 Å². The topological polar surface area (TPSA) is 56.5 Å². The summed E-state index contributed by atoms with van der Waals surface area (Å²) >= 11 is 0. The van der Waals surface area contributed by atoms with Gasteiger partial charge in [-0.05, 0) is 52.6 Å². The SMILES string of the molecule is CC1(C)c2ccccc2-c2nc(-n3c4ccccc4c4cc(-c5ccc(-c6nc(-c7ccccc7)cc(-c7ccccc7)n6)cc5)ccc43)nc3cccc1c23. The first-order valence-corrected chi connectivity index (χ1v) is 19.1. The molecule has 0 fully saturated rings. The largest absolute Gasteiger partial charge is 0.278 e. The van der Waals surface area contributed by atoms with E-state index in [1.807, 2.05) is 36.4 Å². The molecule has 0 saturated heterocycles. The quantitative estimate of drug-likeness (QED) is 0.178. The molecule has 3 aromatic heterocycles. The Morgan fingerprint density at radius 3 is 1.79 bits per heavy atom. The maximum Gasteiger partial charge on any atom is 0.235 e. The summed E-state index contributed by atoms with van der Waals surface area (Å²) in [6, 6.07) is 61.7. The van der Waals surface area contributed by atoms with Gasteiger partial charge in [-0.15, -0.1) is 0 Å². The molecule has 264 valence electrons. The van der Waals surface area contributed by atoms with E-state index in [0.29, 0.717) is 11.8 Å². The summed E-state index contributed by atoms with van der Waals surface area (Å²) in [5, 5.41) is 3.45. The smallest absolute Gasteiger partial charge is 0.235 e. The van der Waals surface area contributed by atoms with Gasteiger partial charge in [0.05, 0.1) is 33.6 Å². The van der Waals surface area contributed by atoms with Crippen LogP contribution in [0.1, 0.15) is 25.0 Å². The van der Waals surface area contributed by atoms with Gasteiger partial charge in [-0.3, -0.25) is 4.57 Å². The van der Waals surface area contributed by atoms with Gasteiger partial charge in [-0.1, -0.05) is 159 Å². The minimum absolute atomic E-state index is 0.153. The van der Waals surface area contributed by atoms with Crippen LogP contribution in [-0.4, -0.2) is 24.5 Å². The Morgan fingerprint density at radius 1 is 0.429 bits per heavy atom. The maximum absolute atomic E-state index is 5.39. The average Bonchev–Trinajstić information content (AvgIpc) is 3.59. The predicted octanol–water partition coefficient (Wildman–Crippen LogP) is 12.5. The van der Waals surface area contributed by atoms with Crippen LogP contribution in [0, 0.1) is 0 Å². The summed E-state index contributed by atoms with van der Waals surface area (Å²) in [7, 11) is 0. The molecule has 0 aliphatic heterocycles. The molecule has 0 bridgehead atoms. The summed E-state index contributed by atoms with van der Waals surface area (Å²) in [5.74, 6) is 1.37. The fourth-order valence-electron chi connectivity index (χ4n) is 8.64. The zero-order valence-electron chi connectivity index (χ0n) is 31.0. The summed E-state index contributed by atoms with van der Waals surface area (Å²) in [6.45, 7) is 4.60. The molecular weight excluding hydrogens is 683 g/mol. The normalized spacial score (nSPS) is 13.0. The molecule has 0 atom stereocenters. The van der Waals surface area contributed by atoms with E-state index in [0.717, 1.165) is 77.6 Å². The highest BCUT2D eigenvalue weighted by Crippen LogP contribution is 2.48. The third-order valence-electron chi connectivity index (χ3n) is 11.5. The van der Waals surface area contributed by atoms with Crippen molar-refractivity contribution in [3.05, 3.63) is 187 Å². The van der Waals surface area contributed by atoms with Crippen LogP contribution in [0.5, 0.6) is 0 Å². The molecular formula is C51H35N5. The van der Waals surface area contributed by atoms with Crippen LogP contribution in [0.4, 0.5) is 0 Å². The molecule has 1 aliphatic rings. The van der Waals surface area contributed by atoms with Gasteiger partial charge in [-0.25, -0.2) is 19.9 Å². The standard InChI is InChI=1S/C51H35N5/c1-51(2)40-20-11-9-19-38(40)48-47-41(51)21-13-22-42(47)54-50(55-48)56-45-23-12-10-18-37(45)39-30-36(28-29-46(39)56)32-24-26-35(27-25-32)49-52-43(33-14-5-3-6-15-33)31-44(53-49)34-16-7-4-8-17-34/h3-31H,1-2H3. The van der Waals surface area contributed by atoms with Crippen molar-refractivity contribution < 1.29 is 0 Å². The molecule has 5 heteroatoms. The van der Waals surface area contributed by atoms with Crippen LogP contribution >= 0.6 is 0 Å². The molecule has 0 N–H and O–H groups in total. The van der Waals surface area contributed by atoms with Crippen molar-refractivity contribution in [3.8, 4) is 62.2 Å².